The van der Waals surface area contributed by atoms with E-state index in [9.17, 15) is 0 Å². The van der Waals surface area contributed by atoms with Crippen molar-refractivity contribution in [2.24, 2.45) is 0 Å². The van der Waals surface area contributed by atoms with Crippen LogP contribution in [0.1, 0.15) is 0 Å². The van der Waals surface area contributed by atoms with Gasteiger partial charge in [0.15, 0.2) is 0 Å². The highest BCUT2D eigenvalue weighted by atomic mass is 79.9. The average Bonchev–Trinajstić information content (AvgIpc) is 3.24. The molecule has 0 bridgehead atoms. The minimum Gasteiger partial charge on any atom is -0.134 e. The number of thiophene rings is 1. The topological polar surface area (TPSA) is 0 Å². The van der Waals surface area contributed by atoms with Gasteiger partial charge in [-0.05, 0) is 48.2 Å². The number of rotatable bonds is 1. The van der Waals surface area contributed by atoms with Crippen molar-refractivity contribution in [3.63, 3.8) is 0 Å². The van der Waals surface area contributed by atoms with Crippen LogP contribution in [0, 0.1) is 0 Å². The second-order valence-corrected chi connectivity index (χ2v) is 10.0. The molecule has 32 heavy (non-hydrogen) atoms. The third kappa shape index (κ3) is 2.48. The summed E-state index contributed by atoms with van der Waals surface area (Å²) >= 11 is 5.93. The molecular weight excluding hydrogens is 472 g/mol. The van der Waals surface area contributed by atoms with E-state index >= 15 is 0 Å². The normalized spacial score (nSPS) is 11.9. The number of halogens is 1. The molecule has 6 aromatic carbocycles. The summed E-state index contributed by atoms with van der Waals surface area (Å²) in [6.45, 7) is 0. The molecule has 0 N–H and O–H groups in total. The SMILES string of the molecule is Brc1c(-c2cccc3c2sc2c4ccccc4ccc32)c2ccccc2c2ccccc12. The minimum atomic E-state index is 1.17. The van der Waals surface area contributed by atoms with Crippen LogP contribution in [0.5, 0.6) is 0 Å². The van der Waals surface area contributed by atoms with E-state index in [-0.39, 0.29) is 0 Å². The van der Waals surface area contributed by atoms with Crippen molar-refractivity contribution in [1.29, 1.82) is 0 Å². The summed E-state index contributed by atoms with van der Waals surface area (Å²) in [6.07, 6.45) is 0. The summed E-state index contributed by atoms with van der Waals surface area (Å²) in [7, 11) is 0. The molecule has 0 spiro atoms. The van der Waals surface area contributed by atoms with Gasteiger partial charge in [0.25, 0.3) is 0 Å². The first-order valence-corrected chi connectivity index (χ1v) is 12.3. The van der Waals surface area contributed by atoms with Crippen molar-refractivity contribution >= 4 is 79.8 Å². The number of fused-ring (bicyclic) bond motifs is 8. The Morgan fingerprint density at radius 2 is 1.03 bits per heavy atom. The standard InChI is InChI=1S/C30H17BrS/c31-28-23-13-6-4-11-21(23)20-10-3-5-12-22(20)27(28)26-15-7-14-24-25-17-16-18-8-1-2-9-19(18)29(25)32-30(24)26/h1-17H. The fourth-order valence-electron chi connectivity index (χ4n) is 5.08. The van der Waals surface area contributed by atoms with Gasteiger partial charge < -0.3 is 0 Å². The molecule has 7 rings (SSSR count). The molecular formula is C30H17BrS. The number of hydrogen-bond donors (Lipinski definition) is 0. The molecule has 0 aliphatic carbocycles. The van der Waals surface area contributed by atoms with E-state index in [2.05, 4.69) is 119 Å². The second kappa shape index (κ2) is 6.90. The van der Waals surface area contributed by atoms with Crippen LogP contribution in [0.3, 0.4) is 0 Å². The molecule has 150 valence electrons. The van der Waals surface area contributed by atoms with Crippen LogP contribution in [-0.2, 0) is 0 Å². The molecule has 0 unspecified atom stereocenters. The van der Waals surface area contributed by atoms with Crippen LogP contribution in [0.4, 0.5) is 0 Å². The van der Waals surface area contributed by atoms with Crippen molar-refractivity contribution < 1.29 is 0 Å². The van der Waals surface area contributed by atoms with Crippen LogP contribution in [0.15, 0.2) is 108 Å². The number of hydrogen-bond acceptors (Lipinski definition) is 1. The molecule has 0 saturated heterocycles. The van der Waals surface area contributed by atoms with Gasteiger partial charge in [-0.2, -0.15) is 0 Å². The van der Waals surface area contributed by atoms with E-state index in [1.807, 2.05) is 11.3 Å². The van der Waals surface area contributed by atoms with E-state index in [0.717, 1.165) is 0 Å². The Hall–Kier alpha value is -3.20. The van der Waals surface area contributed by atoms with Crippen LogP contribution < -0.4 is 0 Å². The Balaban J connectivity index is 1.68. The Morgan fingerprint density at radius 1 is 0.438 bits per heavy atom. The van der Waals surface area contributed by atoms with Crippen molar-refractivity contribution in [3.05, 3.63) is 108 Å². The Bertz CT molecular complexity index is 1840. The lowest BCUT2D eigenvalue weighted by Crippen LogP contribution is -1.87. The molecule has 7 aromatic rings. The average molecular weight is 489 g/mol. The van der Waals surface area contributed by atoms with Crippen molar-refractivity contribution in [1.82, 2.24) is 0 Å². The summed E-state index contributed by atoms with van der Waals surface area (Å²) in [5.74, 6) is 0. The zero-order valence-electron chi connectivity index (χ0n) is 17.1. The lowest BCUT2D eigenvalue weighted by Gasteiger charge is -2.15. The molecule has 0 radical (unpaired) electrons. The highest BCUT2D eigenvalue weighted by molar-refractivity contribution is 9.10. The third-order valence-corrected chi connectivity index (χ3v) is 8.64. The first-order valence-electron chi connectivity index (χ1n) is 10.7. The summed E-state index contributed by atoms with van der Waals surface area (Å²) in [5, 5.41) is 10.4. The molecule has 0 atom stereocenters. The first kappa shape index (κ1) is 18.4. The molecule has 0 amide bonds. The van der Waals surface area contributed by atoms with Crippen LogP contribution in [-0.4, -0.2) is 0 Å². The van der Waals surface area contributed by atoms with Crippen LogP contribution >= 0.6 is 27.3 Å². The fraction of sp³-hybridized carbons (Fsp3) is 0. The zero-order chi connectivity index (χ0) is 21.2. The third-order valence-electron chi connectivity index (χ3n) is 6.53. The van der Waals surface area contributed by atoms with Crippen molar-refractivity contribution in [2.45, 2.75) is 0 Å². The molecule has 0 aliphatic heterocycles. The van der Waals surface area contributed by atoms with E-state index in [0.29, 0.717) is 0 Å². The van der Waals surface area contributed by atoms with Gasteiger partial charge in [-0.1, -0.05) is 103 Å². The lowest BCUT2D eigenvalue weighted by molar-refractivity contribution is 1.70. The summed E-state index contributed by atoms with van der Waals surface area (Å²) < 4.78 is 3.88. The molecule has 2 heteroatoms. The smallest absolute Gasteiger partial charge is 0.0434 e. The van der Waals surface area contributed by atoms with Gasteiger partial charge in [0.1, 0.15) is 0 Å². The number of benzene rings is 6. The van der Waals surface area contributed by atoms with E-state index in [1.165, 1.54) is 68.1 Å². The highest BCUT2D eigenvalue weighted by Gasteiger charge is 2.18. The van der Waals surface area contributed by atoms with Gasteiger partial charge in [0.2, 0.25) is 0 Å². The fourth-order valence-corrected chi connectivity index (χ4v) is 7.21. The van der Waals surface area contributed by atoms with Crippen LogP contribution in [0.25, 0.3) is 63.6 Å². The molecule has 1 aromatic heterocycles. The lowest BCUT2D eigenvalue weighted by atomic mass is 9.92. The van der Waals surface area contributed by atoms with Crippen molar-refractivity contribution in [3.8, 4) is 11.1 Å². The predicted octanol–water partition coefficient (Wildman–Crippen LogP) is 9.94. The van der Waals surface area contributed by atoms with Crippen LogP contribution in [0.2, 0.25) is 0 Å². The van der Waals surface area contributed by atoms with Gasteiger partial charge in [-0.25, -0.2) is 0 Å². The van der Waals surface area contributed by atoms with Gasteiger partial charge >= 0.3 is 0 Å². The van der Waals surface area contributed by atoms with E-state index in [4.69, 9.17) is 0 Å². The van der Waals surface area contributed by atoms with Gasteiger partial charge in [-0.3, -0.25) is 0 Å². The van der Waals surface area contributed by atoms with Gasteiger partial charge in [-0.15, -0.1) is 11.3 Å². The van der Waals surface area contributed by atoms with Gasteiger partial charge in [0, 0.05) is 35.8 Å². The second-order valence-electron chi connectivity index (χ2n) is 8.23. The molecule has 1 heterocycles. The quantitative estimate of drug-likeness (QED) is 0.201. The molecule has 0 fully saturated rings. The minimum absolute atomic E-state index is 1.17. The van der Waals surface area contributed by atoms with E-state index in [1.54, 1.807) is 0 Å². The maximum Gasteiger partial charge on any atom is 0.0434 e. The van der Waals surface area contributed by atoms with Crippen molar-refractivity contribution in [2.75, 3.05) is 0 Å². The van der Waals surface area contributed by atoms with Gasteiger partial charge in [0.05, 0.1) is 0 Å². The maximum absolute atomic E-state index is 4.01. The predicted molar refractivity (Wildman–Crippen MR) is 145 cm³/mol. The summed E-state index contributed by atoms with van der Waals surface area (Å²) in [6, 6.07) is 37.4. The summed E-state index contributed by atoms with van der Waals surface area (Å²) in [5.41, 5.74) is 2.57. The first-order chi connectivity index (χ1) is 15.8. The monoisotopic (exact) mass is 488 g/mol. The Kier molecular flexibility index (Phi) is 3.96. The maximum atomic E-state index is 4.01. The Morgan fingerprint density at radius 3 is 1.84 bits per heavy atom. The summed E-state index contributed by atoms with van der Waals surface area (Å²) in [4.78, 5) is 0. The Labute approximate surface area is 197 Å². The van der Waals surface area contributed by atoms with E-state index < -0.39 is 0 Å². The molecule has 0 nitrogen and oxygen atoms in total. The highest BCUT2D eigenvalue weighted by Crippen LogP contribution is 2.48. The zero-order valence-corrected chi connectivity index (χ0v) is 19.5. The largest absolute Gasteiger partial charge is 0.134 e. The molecule has 0 aliphatic rings. The molecule has 0 saturated carbocycles.